The van der Waals surface area contributed by atoms with Crippen LogP contribution in [0.3, 0.4) is 0 Å². The fourth-order valence-electron chi connectivity index (χ4n) is 4.34. The number of amides is 3. The molecule has 1 aromatic rings. The Kier molecular flexibility index (Phi) is 6.11. The number of nitrogens with zero attached hydrogens (tertiary/aromatic N) is 1. The number of benzene rings is 1. The number of primary amides is 1. The summed E-state index contributed by atoms with van der Waals surface area (Å²) < 4.78 is 33.2. The molecule has 1 heterocycles. The summed E-state index contributed by atoms with van der Waals surface area (Å²) in [7, 11) is 0. The number of hydrogen-bond donors (Lipinski definition) is 3. The van der Waals surface area contributed by atoms with Crippen LogP contribution in [0.15, 0.2) is 12.1 Å². The molecule has 2 bridgehead atoms. The molecule has 170 valence electrons. The first-order valence-electron chi connectivity index (χ1n) is 10.2. The van der Waals surface area contributed by atoms with E-state index >= 15 is 0 Å². The molecular weight excluding hydrogens is 412 g/mol. The second kappa shape index (κ2) is 8.32. The van der Waals surface area contributed by atoms with Gasteiger partial charge in [0.1, 0.15) is 17.7 Å². The Morgan fingerprint density at radius 3 is 2.55 bits per heavy atom. The van der Waals surface area contributed by atoms with Gasteiger partial charge in [-0.3, -0.25) is 14.5 Å². The number of fused-ring (bicyclic) bond motifs is 2. The SMILES string of the molecule is CC(C)(C)OC(=O)N1C2CCC(C2)C1C(=O)NC(Cc1ccc(O)c(F)c1F)C(N)=O. The number of phenolic OH excluding ortho intramolecular Hbond substituents is 1. The van der Waals surface area contributed by atoms with Gasteiger partial charge in [0.15, 0.2) is 11.6 Å². The molecule has 0 aromatic heterocycles. The Morgan fingerprint density at radius 1 is 1.26 bits per heavy atom. The lowest BCUT2D eigenvalue weighted by Gasteiger charge is -2.36. The van der Waals surface area contributed by atoms with Crippen LogP contribution >= 0.6 is 0 Å². The van der Waals surface area contributed by atoms with Crippen molar-refractivity contribution in [1.82, 2.24) is 10.2 Å². The Hall–Kier alpha value is -2.91. The quantitative estimate of drug-likeness (QED) is 0.648. The normalized spacial score (nSPS) is 23.5. The van der Waals surface area contributed by atoms with E-state index in [1.165, 1.54) is 4.90 Å². The number of carbonyl (C=O) groups excluding carboxylic acids is 3. The van der Waals surface area contributed by atoms with E-state index in [4.69, 9.17) is 10.5 Å². The number of aromatic hydroxyl groups is 1. The van der Waals surface area contributed by atoms with Crippen LogP contribution in [0, 0.1) is 17.6 Å². The van der Waals surface area contributed by atoms with Crippen LogP contribution in [0.2, 0.25) is 0 Å². The number of ether oxygens (including phenoxy) is 1. The second-order valence-corrected chi connectivity index (χ2v) is 9.10. The van der Waals surface area contributed by atoms with Crippen molar-refractivity contribution in [3.63, 3.8) is 0 Å². The average Bonchev–Trinajstić information content (AvgIpc) is 3.27. The van der Waals surface area contributed by atoms with Crippen LogP contribution in [0.1, 0.15) is 45.6 Å². The van der Waals surface area contributed by atoms with Crippen molar-refractivity contribution in [3.8, 4) is 5.75 Å². The zero-order chi connectivity index (χ0) is 23.1. The number of piperidine rings is 1. The molecule has 1 saturated carbocycles. The van der Waals surface area contributed by atoms with Crippen molar-refractivity contribution >= 4 is 17.9 Å². The molecule has 8 nitrogen and oxygen atoms in total. The maximum Gasteiger partial charge on any atom is 0.411 e. The Labute approximate surface area is 178 Å². The molecule has 3 amide bonds. The third-order valence-electron chi connectivity index (χ3n) is 5.68. The highest BCUT2D eigenvalue weighted by Gasteiger charge is 2.52. The van der Waals surface area contributed by atoms with Gasteiger partial charge in [0.25, 0.3) is 0 Å². The standard InChI is InChI=1S/C21H27F2N3O5/c1-21(2,3)31-20(30)26-12-6-4-11(8-12)17(26)19(29)25-13(18(24)28)9-10-5-7-14(27)16(23)15(10)22/h5,7,11-13,17,27H,4,6,8-9H2,1-3H3,(H2,24,28)(H,25,29). The topological polar surface area (TPSA) is 122 Å². The average molecular weight is 439 g/mol. The summed E-state index contributed by atoms with van der Waals surface area (Å²) in [5.41, 5.74) is 4.41. The zero-order valence-corrected chi connectivity index (χ0v) is 17.7. The Morgan fingerprint density at radius 2 is 1.94 bits per heavy atom. The molecule has 10 heteroatoms. The van der Waals surface area contributed by atoms with Crippen LogP contribution in [0.25, 0.3) is 0 Å². The van der Waals surface area contributed by atoms with Crippen LogP contribution in [0.5, 0.6) is 5.75 Å². The van der Waals surface area contributed by atoms with Gasteiger partial charge in [-0.1, -0.05) is 6.07 Å². The van der Waals surface area contributed by atoms with Crippen molar-refractivity contribution < 1.29 is 33.0 Å². The second-order valence-electron chi connectivity index (χ2n) is 9.10. The molecule has 1 aliphatic heterocycles. The predicted molar refractivity (Wildman–Crippen MR) is 106 cm³/mol. The number of halogens is 2. The number of rotatable bonds is 5. The Bertz CT molecular complexity index is 902. The van der Waals surface area contributed by atoms with Crippen molar-refractivity contribution in [2.24, 2.45) is 11.7 Å². The van der Waals surface area contributed by atoms with Crippen molar-refractivity contribution in [1.29, 1.82) is 0 Å². The van der Waals surface area contributed by atoms with Crippen molar-refractivity contribution in [2.45, 2.75) is 70.2 Å². The van der Waals surface area contributed by atoms with Gasteiger partial charge in [0.2, 0.25) is 17.6 Å². The molecule has 4 atom stereocenters. The first-order valence-corrected chi connectivity index (χ1v) is 10.2. The molecule has 1 aliphatic carbocycles. The lowest BCUT2D eigenvalue weighted by atomic mass is 9.97. The molecule has 4 N–H and O–H groups in total. The molecule has 0 spiro atoms. The van der Waals surface area contributed by atoms with E-state index in [-0.39, 0.29) is 17.5 Å². The third-order valence-corrected chi connectivity index (χ3v) is 5.68. The maximum atomic E-state index is 14.1. The third kappa shape index (κ3) is 4.72. The number of phenols is 1. The van der Waals surface area contributed by atoms with E-state index in [1.54, 1.807) is 20.8 Å². The summed E-state index contributed by atoms with van der Waals surface area (Å²) in [4.78, 5) is 39.1. The van der Waals surface area contributed by atoms with E-state index in [0.29, 0.717) is 6.42 Å². The number of carbonyl (C=O) groups is 3. The van der Waals surface area contributed by atoms with E-state index in [9.17, 15) is 28.3 Å². The van der Waals surface area contributed by atoms with Crippen LogP contribution in [-0.2, 0) is 20.7 Å². The first kappa shape index (κ1) is 22.8. The predicted octanol–water partition coefficient (Wildman–Crippen LogP) is 1.97. The van der Waals surface area contributed by atoms with E-state index in [2.05, 4.69) is 5.32 Å². The van der Waals surface area contributed by atoms with Crippen LogP contribution in [-0.4, -0.2) is 51.6 Å². The van der Waals surface area contributed by atoms with E-state index < -0.39 is 59.4 Å². The molecular formula is C21H27F2N3O5. The largest absolute Gasteiger partial charge is 0.505 e. The smallest absolute Gasteiger partial charge is 0.411 e. The number of hydrogen-bond acceptors (Lipinski definition) is 5. The first-order chi connectivity index (χ1) is 14.4. The van der Waals surface area contributed by atoms with Crippen molar-refractivity contribution in [2.75, 3.05) is 0 Å². The Balaban J connectivity index is 1.77. The molecule has 2 aliphatic rings. The number of nitrogens with two attached hydrogens (primary N) is 1. The lowest BCUT2D eigenvalue weighted by molar-refractivity contribution is -0.132. The van der Waals surface area contributed by atoms with Gasteiger partial charge < -0.3 is 20.9 Å². The highest BCUT2D eigenvalue weighted by molar-refractivity contribution is 5.91. The van der Waals surface area contributed by atoms with Crippen LogP contribution in [0.4, 0.5) is 13.6 Å². The van der Waals surface area contributed by atoms with Crippen LogP contribution < -0.4 is 11.1 Å². The summed E-state index contributed by atoms with van der Waals surface area (Å²) >= 11 is 0. The lowest BCUT2D eigenvalue weighted by Crippen LogP contribution is -2.57. The summed E-state index contributed by atoms with van der Waals surface area (Å²) in [6, 6.07) is -0.234. The summed E-state index contributed by atoms with van der Waals surface area (Å²) in [5.74, 6) is -5.26. The van der Waals surface area contributed by atoms with Gasteiger partial charge >= 0.3 is 6.09 Å². The van der Waals surface area contributed by atoms with E-state index in [0.717, 1.165) is 25.0 Å². The van der Waals surface area contributed by atoms with Gasteiger partial charge in [0, 0.05) is 12.5 Å². The van der Waals surface area contributed by atoms with Crippen molar-refractivity contribution in [3.05, 3.63) is 29.3 Å². The molecule has 0 radical (unpaired) electrons. The monoisotopic (exact) mass is 439 g/mol. The van der Waals surface area contributed by atoms with Gasteiger partial charge in [-0.05, 0) is 57.6 Å². The number of likely N-dealkylation sites (tertiary alicyclic amines) is 1. The molecule has 2 fully saturated rings. The summed E-state index contributed by atoms with van der Waals surface area (Å²) in [6.45, 7) is 5.17. The highest BCUT2D eigenvalue weighted by atomic mass is 19.2. The molecule has 1 saturated heterocycles. The number of nitrogens with one attached hydrogen (secondary N) is 1. The fraction of sp³-hybridized carbons (Fsp3) is 0.571. The van der Waals surface area contributed by atoms with Gasteiger partial charge in [-0.15, -0.1) is 0 Å². The fourth-order valence-corrected chi connectivity index (χ4v) is 4.34. The summed E-state index contributed by atoms with van der Waals surface area (Å²) in [5, 5.41) is 11.7. The molecule has 1 aromatic carbocycles. The van der Waals surface area contributed by atoms with E-state index in [1.807, 2.05) is 0 Å². The maximum absolute atomic E-state index is 14.1. The molecule has 31 heavy (non-hydrogen) atoms. The van der Waals surface area contributed by atoms with Gasteiger partial charge in [-0.25, -0.2) is 9.18 Å². The van der Waals surface area contributed by atoms with Gasteiger partial charge in [0.05, 0.1) is 0 Å². The molecule has 3 rings (SSSR count). The summed E-state index contributed by atoms with van der Waals surface area (Å²) in [6.07, 6.45) is 1.14. The highest BCUT2D eigenvalue weighted by Crippen LogP contribution is 2.43. The minimum absolute atomic E-state index is 0.0890. The minimum atomic E-state index is -1.45. The molecule has 4 unspecified atom stereocenters. The zero-order valence-electron chi connectivity index (χ0n) is 17.7. The minimum Gasteiger partial charge on any atom is -0.505 e. The van der Waals surface area contributed by atoms with Gasteiger partial charge in [-0.2, -0.15) is 4.39 Å².